The van der Waals surface area contributed by atoms with Crippen molar-refractivity contribution in [2.45, 2.75) is 19.4 Å². The quantitative estimate of drug-likeness (QED) is 0.640. The molecule has 108 valence electrons. The molecule has 1 saturated heterocycles. The fraction of sp³-hybridized carbons (Fsp3) is 0.467. The summed E-state index contributed by atoms with van der Waals surface area (Å²) in [6, 6.07) is 6.96. The van der Waals surface area contributed by atoms with Gasteiger partial charge in [-0.3, -0.25) is 4.79 Å². The molecule has 0 saturated carbocycles. The number of ether oxygens (including phenoxy) is 1. The average molecular weight is 276 g/mol. The first-order chi connectivity index (χ1) is 9.45. The Balaban J connectivity index is 1.82. The third-order valence-corrected chi connectivity index (χ3v) is 3.48. The van der Waals surface area contributed by atoms with Gasteiger partial charge in [0, 0.05) is 13.1 Å². The second kappa shape index (κ2) is 6.15. The van der Waals surface area contributed by atoms with Gasteiger partial charge in [-0.15, -0.1) is 0 Å². The van der Waals surface area contributed by atoms with Gasteiger partial charge in [-0.1, -0.05) is 29.8 Å². The highest BCUT2D eigenvalue weighted by molar-refractivity contribution is 5.90. The summed E-state index contributed by atoms with van der Waals surface area (Å²) in [5.74, 6) is -1.31. The van der Waals surface area contributed by atoms with E-state index in [0.29, 0.717) is 19.5 Å². The van der Waals surface area contributed by atoms with Gasteiger partial charge in [0.1, 0.15) is 6.04 Å². The Morgan fingerprint density at radius 2 is 1.95 bits per heavy atom. The van der Waals surface area contributed by atoms with Crippen LogP contribution in [0.1, 0.15) is 11.1 Å². The minimum atomic E-state index is -0.806. The molecule has 20 heavy (non-hydrogen) atoms. The fourth-order valence-corrected chi connectivity index (χ4v) is 2.17. The topological polar surface area (TPSA) is 72.6 Å². The lowest BCUT2D eigenvalue weighted by Crippen LogP contribution is -2.49. The van der Waals surface area contributed by atoms with Crippen LogP contribution in [0.2, 0.25) is 0 Å². The molecule has 1 aliphatic rings. The predicted molar refractivity (Wildman–Crippen MR) is 74.9 cm³/mol. The van der Waals surface area contributed by atoms with Gasteiger partial charge in [-0.05, 0) is 26.0 Å². The van der Waals surface area contributed by atoms with Crippen LogP contribution in [0.4, 0.5) is 0 Å². The number of esters is 2. The number of likely N-dealkylation sites (tertiary alicyclic amines) is 1. The summed E-state index contributed by atoms with van der Waals surface area (Å²) >= 11 is 0. The van der Waals surface area contributed by atoms with E-state index >= 15 is 0 Å². The van der Waals surface area contributed by atoms with Crippen LogP contribution in [-0.4, -0.2) is 43.0 Å². The van der Waals surface area contributed by atoms with E-state index in [1.54, 1.807) is 0 Å². The zero-order valence-corrected chi connectivity index (χ0v) is 11.8. The largest absolute Gasteiger partial charge is 0.392 e. The Labute approximate surface area is 118 Å². The Bertz CT molecular complexity index is 492. The van der Waals surface area contributed by atoms with E-state index in [1.807, 2.05) is 43.1 Å². The summed E-state index contributed by atoms with van der Waals surface area (Å²) < 4.78 is 4.83. The van der Waals surface area contributed by atoms with Gasteiger partial charge in [0.15, 0.2) is 0 Å². The number of rotatable bonds is 4. The molecule has 0 aliphatic carbocycles. The normalized spacial score (nSPS) is 17.4. The van der Waals surface area contributed by atoms with E-state index in [2.05, 4.69) is 0 Å². The molecule has 1 aliphatic heterocycles. The fourth-order valence-electron chi connectivity index (χ4n) is 2.17. The van der Waals surface area contributed by atoms with E-state index < -0.39 is 18.0 Å². The number of hydrogen-bond acceptors (Lipinski definition) is 5. The van der Waals surface area contributed by atoms with Crippen molar-refractivity contribution in [2.24, 2.45) is 11.7 Å². The van der Waals surface area contributed by atoms with Gasteiger partial charge in [0.05, 0.1) is 5.92 Å². The minimum absolute atomic E-state index is 0.199. The molecular formula is C15H20N2O3. The molecule has 1 fully saturated rings. The maximum Gasteiger partial charge on any atom is 0.330 e. The first-order valence-corrected chi connectivity index (χ1v) is 6.71. The summed E-state index contributed by atoms with van der Waals surface area (Å²) in [5, 5.41) is 0. The number of benzene rings is 1. The molecule has 5 nitrogen and oxygen atoms in total. The number of hydrogen-bond donors (Lipinski definition) is 1. The number of nitrogens with two attached hydrogens (primary N) is 1. The van der Waals surface area contributed by atoms with Crippen molar-refractivity contribution in [2.75, 3.05) is 20.1 Å². The van der Waals surface area contributed by atoms with Crippen LogP contribution in [0.25, 0.3) is 0 Å². The van der Waals surface area contributed by atoms with Crippen LogP contribution in [0.15, 0.2) is 24.3 Å². The van der Waals surface area contributed by atoms with Gasteiger partial charge < -0.3 is 15.4 Å². The van der Waals surface area contributed by atoms with Crippen molar-refractivity contribution in [3.63, 3.8) is 0 Å². The van der Waals surface area contributed by atoms with E-state index in [1.165, 1.54) is 0 Å². The number of carbonyl (C=O) groups excluding carboxylic acids is 2. The van der Waals surface area contributed by atoms with E-state index in [0.717, 1.165) is 11.1 Å². The molecule has 1 atom stereocenters. The summed E-state index contributed by atoms with van der Waals surface area (Å²) in [4.78, 5) is 25.4. The molecule has 2 N–H and O–H groups in total. The van der Waals surface area contributed by atoms with E-state index in [9.17, 15) is 9.59 Å². The smallest absolute Gasteiger partial charge is 0.330 e. The summed E-state index contributed by atoms with van der Waals surface area (Å²) in [7, 11) is 1.91. The molecule has 1 aromatic rings. The van der Waals surface area contributed by atoms with Crippen molar-refractivity contribution in [3.8, 4) is 0 Å². The third kappa shape index (κ3) is 3.65. The number of aryl methyl sites for hydroxylation is 1. The Kier molecular flexibility index (Phi) is 4.52. The Morgan fingerprint density at radius 1 is 1.35 bits per heavy atom. The maximum absolute atomic E-state index is 11.8. The Hall–Kier alpha value is -1.72. The SMILES string of the molecule is Cc1ccc(C[C@H](N)C(=O)OC(=O)C2CN(C)C2)cc1. The molecule has 1 heterocycles. The monoisotopic (exact) mass is 276 g/mol. The second-order valence-electron chi connectivity index (χ2n) is 5.45. The van der Waals surface area contributed by atoms with Crippen LogP contribution in [0.3, 0.4) is 0 Å². The number of carbonyl (C=O) groups is 2. The van der Waals surface area contributed by atoms with Crippen LogP contribution in [0.5, 0.6) is 0 Å². The lowest BCUT2D eigenvalue weighted by atomic mass is 10.0. The summed E-state index contributed by atoms with van der Waals surface area (Å²) in [5.41, 5.74) is 7.89. The molecule has 1 aromatic carbocycles. The zero-order valence-electron chi connectivity index (χ0n) is 11.8. The van der Waals surface area contributed by atoms with Crippen molar-refractivity contribution in [3.05, 3.63) is 35.4 Å². The molecule has 0 bridgehead atoms. The van der Waals surface area contributed by atoms with Gasteiger partial charge in [0.2, 0.25) is 0 Å². The number of nitrogens with zero attached hydrogens (tertiary/aromatic N) is 1. The molecule has 0 radical (unpaired) electrons. The second-order valence-corrected chi connectivity index (χ2v) is 5.45. The van der Waals surface area contributed by atoms with Gasteiger partial charge >= 0.3 is 11.9 Å². The van der Waals surface area contributed by atoms with E-state index in [4.69, 9.17) is 10.5 Å². The maximum atomic E-state index is 11.8. The molecule has 0 amide bonds. The summed E-state index contributed by atoms with van der Waals surface area (Å²) in [6.07, 6.45) is 0.372. The van der Waals surface area contributed by atoms with Crippen LogP contribution in [-0.2, 0) is 20.7 Å². The van der Waals surface area contributed by atoms with Crippen molar-refractivity contribution >= 4 is 11.9 Å². The van der Waals surface area contributed by atoms with E-state index in [-0.39, 0.29) is 5.92 Å². The first kappa shape index (κ1) is 14.7. The van der Waals surface area contributed by atoms with Gasteiger partial charge in [-0.25, -0.2) is 4.79 Å². The highest BCUT2D eigenvalue weighted by atomic mass is 16.6. The molecule has 0 spiro atoms. The van der Waals surface area contributed by atoms with Crippen LogP contribution in [0, 0.1) is 12.8 Å². The third-order valence-electron chi connectivity index (χ3n) is 3.48. The lowest BCUT2D eigenvalue weighted by molar-refractivity contribution is -0.166. The lowest BCUT2D eigenvalue weighted by Gasteiger charge is -2.33. The highest BCUT2D eigenvalue weighted by Crippen LogP contribution is 2.15. The van der Waals surface area contributed by atoms with Gasteiger partial charge in [0.25, 0.3) is 0 Å². The molecule has 0 unspecified atom stereocenters. The van der Waals surface area contributed by atoms with Crippen LogP contribution < -0.4 is 5.73 Å². The molecule has 2 rings (SSSR count). The predicted octanol–water partition coefficient (Wildman–Crippen LogP) is 0.496. The standard InChI is InChI=1S/C15H20N2O3/c1-10-3-5-11(6-4-10)7-13(16)15(19)20-14(18)12-8-17(2)9-12/h3-6,12-13H,7-9,16H2,1-2H3/t13-/m0/s1. The average Bonchev–Trinajstić information content (AvgIpc) is 2.37. The van der Waals surface area contributed by atoms with Crippen molar-refractivity contribution in [1.29, 1.82) is 0 Å². The van der Waals surface area contributed by atoms with Crippen molar-refractivity contribution in [1.82, 2.24) is 4.90 Å². The molecule has 0 aromatic heterocycles. The molecular weight excluding hydrogens is 256 g/mol. The highest BCUT2D eigenvalue weighted by Gasteiger charge is 2.33. The Morgan fingerprint density at radius 3 is 2.50 bits per heavy atom. The summed E-state index contributed by atoms with van der Waals surface area (Å²) in [6.45, 7) is 3.27. The van der Waals surface area contributed by atoms with Crippen LogP contribution >= 0.6 is 0 Å². The minimum Gasteiger partial charge on any atom is -0.392 e. The first-order valence-electron chi connectivity index (χ1n) is 6.71. The molecule has 5 heteroatoms. The van der Waals surface area contributed by atoms with Crippen molar-refractivity contribution < 1.29 is 14.3 Å². The zero-order chi connectivity index (χ0) is 14.7. The van der Waals surface area contributed by atoms with Gasteiger partial charge in [-0.2, -0.15) is 0 Å².